The highest BCUT2D eigenvalue weighted by atomic mass is 32.2. The maximum absolute atomic E-state index is 12.7. The fraction of sp³-hybridized carbons (Fsp3) is 0.667. The lowest BCUT2D eigenvalue weighted by atomic mass is 9.98. The molecule has 1 aliphatic carbocycles. The van der Waals surface area contributed by atoms with Gasteiger partial charge in [-0.2, -0.15) is 5.26 Å². The number of thiophene rings is 1. The molecule has 0 bridgehead atoms. The number of rotatable bonds is 4. The Labute approximate surface area is 159 Å². The third-order valence-corrected chi connectivity index (χ3v) is 8.34. The van der Waals surface area contributed by atoms with E-state index in [1.54, 1.807) is 6.92 Å². The highest BCUT2D eigenvalue weighted by Crippen LogP contribution is 2.37. The quantitative estimate of drug-likeness (QED) is 0.794. The molecule has 1 aromatic heterocycles. The topological polar surface area (TPSA) is 90.3 Å². The second kappa shape index (κ2) is 8.07. The molecule has 0 saturated carbocycles. The van der Waals surface area contributed by atoms with Crippen LogP contribution in [0.5, 0.6) is 0 Å². The summed E-state index contributed by atoms with van der Waals surface area (Å²) in [6, 6.07) is 2.27. The van der Waals surface area contributed by atoms with E-state index in [4.69, 9.17) is 0 Å². The van der Waals surface area contributed by atoms with Crippen molar-refractivity contribution in [2.24, 2.45) is 5.92 Å². The van der Waals surface area contributed by atoms with Gasteiger partial charge in [0, 0.05) is 18.0 Å². The zero-order valence-corrected chi connectivity index (χ0v) is 16.7. The number of hydrogen-bond acceptors (Lipinski definition) is 5. The van der Waals surface area contributed by atoms with Crippen LogP contribution in [-0.2, 0) is 27.7 Å². The van der Waals surface area contributed by atoms with Crippen molar-refractivity contribution in [3.8, 4) is 6.07 Å². The molecule has 2 heterocycles. The molecule has 1 saturated heterocycles. The molecule has 3 rings (SSSR count). The van der Waals surface area contributed by atoms with Gasteiger partial charge < -0.3 is 5.32 Å². The van der Waals surface area contributed by atoms with Gasteiger partial charge in [-0.25, -0.2) is 12.7 Å². The fourth-order valence-corrected chi connectivity index (χ4v) is 6.18. The molecule has 8 heteroatoms. The number of anilines is 1. The average molecular weight is 396 g/mol. The second-order valence-corrected chi connectivity index (χ2v) is 10.3. The minimum Gasteiger partial charge on any atom is -0.316 e. The van der Waals surface area contributed by atoms with Gasteiger partial charge in [0.15, 0.2) is 0 Å². The van der Waals surface area contributed by atoms with Crippen molar-refractivity contribution >= 4 is 32.3 Å². The number of nitriles is 1. The Morgan fingerprint density at radius 3 is 2.81 bits per heavy atom. The normalized spacial score (nSPS) is 21.5. The standard InChI is InChI=1S/C18H25N3O3S2/c1-2-26(23,24)21-10-6-7-13(12-21)17(22)20-18-15(11-19)14-8-4-3-5-9-16(14)25-18/h13H,2-10,12H2,1H3,(H,20,22)/t13-/m0/s1. The third-order valence-electron chi connectivity index (χ3n) is 5.28. The smallest absolute Gasteiger partial charge is 0.229 e. The van der Waals surface area contributed by atoms with E-state index in [-0.39, 0.29) is 24.1 Å². The highest BCUT2D eigenvalue weighted by molar-refractivity contribution is 7.89. The molecule has 26 heavy (non-hydrogen) atoms. The lowest BCUT2D eigenvalue weighted by Crippen LogP contribution is -2.44. The molecule has 1 amide bonds. The molecule has 1 aromatic rings. The zero-order valence-electron chi connectivity index (χ0n) is 15.1. The van der Waals surface area contributed by atoms with E-state index in [1.165, 1.54) is 26.9 Å². The van der Waals surface area contributed by atoms with E-state index in [2.05, 4.69) is 11.4 Å². The van der Waals surface area contributed by atoms with Gasteiger partial charge >= 0.3 is 0 Å². The molecule has 142 valence electrons. The molecule has 1 atom stereocenters. The van der Waals surface area contributed by atoms with Crippen molar-refractivity contribution in [3.05, 3.63) is 16.0 Å². The Morgan fingerprint density at radius 2 is 2.08 bits per heavy atom. The summed E-state index contributed by atoms with van der Waals surface area (Å²) in [5.41, 5.74) is 1.71. The number of sulfonamides is 1. The number of nitrogens with one attached hydrogen (secondary N) is 1. The summed E-state index contributed by atoms with van der Waals surface area (Å²) in [7, 11) is -3.28. The van der Waals surface area contributed by atoms with E-state index in [1.807, 2.05) is 0 Å². The van der Waals surface area contributed by atoms with Gasteiger partial charge in [0.25, 0.3) is 0 Å². The number of piperidine rings is 1. The number of amides is 1. The van der Waals surface area contributed by atoms with Gasteiger partial charge in [0.1, 0.15) is 11.1 Å². The van der Waals surface area contributed by atoms with Crippen molar-refractivity contribution in [1.29, 1.82) is 5.26 Å². The van der Waals surface area contributed by atoms with E-state index >= 15 is 0 Å². The third kappa shape index (κ3) is 3.95. The first-order chi connectivity index (χ1) is 12.5. The van der Waals surface area contributed by atoms with Crippen molar-refractivity contribution in [1.82, 2.24) is 4.31 Å². The van der Waals surface area contributed by atoms with E-state index < -0.39 is 10.0 Å². The van der Waals surface area contributed by atoms with Gasteiger partial charge in [0.2, 0.25) is 15.9 Å². The summed E-state index contributed by atoms with van der Waals surface area (Å²) in [6.45, 7) is 2.34. The summed E-state index contributed by atoms with van der Waals surface area (Å²) in [6.07, 6.45) is 6.61. The zero-order chi connectivity index (χ0) is 18.7. The van der Waals surface area contributed by atoms with Gasteiger partial charge in [-0.05, 0) is 51.0 Å². The number of hydrogen-bond donors (Lipinski definition) is 1. The van der Waals surface area contributed by atoms with Crippen LogP contribution in [0.25, 0.3) is 0 Å². The van der Waals surface area contributed by atoms with Gasteiger partial charge in [0.05, 0.1) is 17.2 Å². The van der Waals surface area contributed by atoms with Gasteiger partial charge in [-0.15, -0.1) is 11.3 Å². The monoisotopic (exact) mass is 395 g/mol. The molecular weight excluding hydrogens is 370 g/mol. The summed E-state index contributed by atoms with van der Waals surface area (Å²) in [5.74, 6) is -0.482. The molecule has 0 spiro atoms. The molecule has 1 fully saturated rings. The van der Waals surface area contributed by atoms with Crippen LogP contribution < -0.4 is 5.32 Å². The number of carbonyl (C=O) groups is 1. The van der Waals surface area contributed by atoms with E-state index in [0.717, 1.165) is 31.2 Å². The number of aryl methyl sites for hydroxylation is 1. The van der Waals surface area contributed by atoms with E-state index in [9.17, 15) is 18.5 Å². The Kier molecular flexibility index (Phi) is 6.00. The molecule has 2 aliphatic rings. The van der Waals surface area contributed by atoms with Gasteiger partial charge in [-0.3, -0.25) is 4.79 Å². The first-order valence-electron chi connectivity index (χ1n) is 9.29. The number of nitrogens with zero attached hydrogens (tertiary/aromatic N) is 2. The summed E-state index contributed by atoms with van der Waals surface area (Å²) >= 11 is 1.52. The maximum atomic E-state index is 12.7. The van der Waals surface area contributed by atoms with Crippen LogP contribution in [-0.4, -0.2) is 37.5 Å². The molecule has 0 radical (unpaired) electrons. The highest BCUT2D eigenvalue weighted by Gasteiger charge is 2.32. The lowest BCUT2D eigenvalue weighted by molar-refractivity contribution is -0.120. The van der Waals surface area contributed by atoms with Crippen molar-refractivity contribution < 1.29 is 13.2 Å². The van der Waals surface area contributed by atoms with Crippen LogP contribution >= 0.6 is 11.3 Å². The predicted molar refractivity (Wildman–Crippen MR) is 103 cm³/mol. The largest absolute Gasteiger partial charge is 0.316 e. The first-order valence-corrected chi connectivity index (χ1v) is 11.7. The summed E-state index contributed by atoms with van der Waals surface area (Å²) < 4.78 is 25.6. The fourth-order valence-electron chi connectivity index (χ4n) is 3.75. The predicted octanol–water partition coefficient (Wildman–Crippen LogP) is 2.89. The molecule has 0 unspecified atom stereocenters. The lowest BCUT2D eigenvalue weighted by Gasteiger charge is -2.30. The molecule has 0 aromatic carbocycles. The van der Waals surface area contributed by atoms with Crippen LogP contribution in [0.1, 0.15) is 55.0 Å². The van der Waals surface area contributed by atoms with Gasteiger partial charge in [-0.1, -0.05) is 6.42 Å². The van der Waals surface area contributed by atoms with Crippen molar-refractivity contribution in [2.75, 3.05) is 24.2 Å². The molecule has 1 aliphatic heterocycles. The van der Waals surface area contributed by atoms with Crippen LogP contribution in [0.2, 0.25) is 0 Å². The minimum atomic E-state index is -3.28. The Bertz CT molecular complexity index is 823. The minimum absolute atomic E-state index is 0.0531. The van der Waals surface area contributed by atoms with Crippen molar-refractivity contribution in [2.45, 2.75) is 51.9 Å². The molecular formula is C18H25N3O3S2. The summed E-state index contributed by atoms with van der Waals surface area (Å²) in [5, 5.41) is 13.2. The van der Waals surface area contributed by atoms with Crippen LogP contribution in [0.15, 0.2) is 0 Å². The van der Waals surface area contributed by atoms with Crippen LogP contribution in [0, 0.1) is 17.2 Å². The Balaban J connectivity index is 1.75. The van der Waals surface area contributed by atoms with Crippen LogP contribution in [0.3, 0.4) is 0 Å². The Morgan fingerprint density at radius 1 is 1.31 bits per heavy atom. The van der Waals surface area contributed by atoms with E-state index in [0.29, 0.717) is 30.0 Å². The number of fused-ring (bicyclic) bond motifs is 1. The SMILES string of the molecule is CCS(=O)(=O)N1CCC[C@H](C(=O)Nc2sc3c(c2C#N)CCCCC3)C1. The first kappa shape index (κ1) is 19.3. The molecule has 1 N–H and O–H groups in total. The molecule has 6 nitrogen and oxygen atoms in total. The number of carbonyl (C=O) groups excluding carboxylic acids is 1. The maximum Gasteiger partial charge on any atom is 0.229 e. The van der Waals surface area contributed by atoms with Crippen LogP contribution in [0.4, 0.5) is 5.00 Å². The average Bonchev–Trinajstić information content (AvgIpc) is 2.81. The van der Waals surface area contributed by atoms with Crippen molar-refractivity contribution in [3.63, 3.8) is 0 Å². The Hall–Kier alpha value is -1.43. The summed E-state index contributed by atoms with van der Waals surface area (Å²) in [4.78, 5) is 14.0. The second-order valence-electron chi connectivity index (χ2n) is 6.97.